The van der Waals surface area contributed by atoms with E-state index in [0.717, 1.165) is 81.3 Å². The maximum absolute atomic E-state index is 13.6. The number of para-hydroxylation sites is 2. The van der Waals surface area contributed by atoms with Gasteiger partial charge in [0, 0.05) is 44.3 Å². The summed E-state index contributed by atoms with van der Waals surface area (Å²) in [5, 5.41) is 18.4. The first kappa shape index (κ1) is 23.8. The maximum Gasteiger partial charge on any atom is 0.227 e. The molecule has 3 aromatic rings. The van der Waals surface area contributed by atoms with E-state index < -0.39 is 0 Å². The van der Waals surface area contributed by atoms with Crippen LogP contribution in [0.1, 0.15) is 12.8 Å². The Bertz CT molecular complexity index is 1250. The van der Waals surface area contributed by atoms with Gasteiger partial charge in [-0.3, -0.25) is 14.4 Å². The Morgan fingerprint density at radius 1 is 1.08 bits per heavy atom. The summed E-state index contributed by atoms with van der Waals surface area (Å²) in [6.45, 7) is 5.78. The van der Waals surface area contributed by atoms with Crippen molar-refractivity contribution in [3.05, 3.63) is 54.7 Å². The summed E-state index contributed by atoms with van der Waals surface area (Å²) >= 11 is 0. The van der Waals surface area contributed by atoms with Gasteiger partial charge in [-0.15, -0.1) is 5.10 Å². The van der Waals surface area contributed by atoms with Crippen LogP contribution in [0.5, 0.6) is 11.5 Å². The third kappa shape index (κ3) is 4.75. The molecule has 37 heavy (non-hydrogen) atoms. The number of aromatic hydroxyl groups is 1. The Morgan fingerprint density at radius 3 is 2.68 bits per heavy atom. The molecule has 1 aromatic heterocycles. The van der Waals surface area contributed by atoms with Crippen molar-refractivity contribution in [1.29, 1.82) is 0 Å². The summed E-state index contributed by atoms with van der Waals surface area (Å²) in [5.74, 6) is 1.93. The molecule has 9 heteroatoms. The van der Waals surface area contributed by atoms with E-state index >= 15 is 0 Å². The topological polar surface area (TPSA) is 87.0 Å². The molecule has 1 N–H and O–H groups in total. The summed E-state index contributed by atoms with van der Waals surface area (Å²) in [7, 11) is 1.70. The zero-order valence-electron chi connectivity index (χ0n) is 21.2. The van der Waals surface area contributed by atoms with Crippen LogP contribution in [0.15, 0.2) is 54.7 Å². The lowest BCUT2D eigenvalue weighted by Crippen LogP contribution is -2.60. The molecule has 0 saturated carbocycles. The van der Waals surface area contributed by atoms with Gasteiger partial charge in [0.1, 0.15) is 17.2 Å². The standard InChI is InChI=1S/C28H34N6O3/c1-37-27-8-3-2-7-26(27)31-11-13-32(14-12-31)28(36)24-18-33-10-9-20(24)15-22(33)17-34-19-25(29-30-34)21-5-4-6-23(35)16-21/h2-8,16,19-20,22,24,35H,9-15,17-18H2,1H3/t20-,22+,24-/m0/s1. The molecule has 1 unspecified atom stereocenters. The Hall–Kier alpha value is -3.59. The van der Waals surface area contributed by atoms with E-state index in [-0.39, 0.29) is 11.7 Å². The number of phenolic OH excluding ortho intramolecular Hbond substituents is 1. The number of aromatic nitrogens is 3. The highest BCUT2D eigenvalue weighted by molar-refractivity contribution is 5.80. The van der Waals surface area contributed by atoms with Gasteiger partial charge in [0.25, 0.3) is 0 Å². The van der Waals surface area contributed by atoms with E-state index in [4.69, 9.17) is 4.74 Å². The number of methoxy groups -OCH3 is 1. The number of benzene rings is 2. The number of piperazine rings is 1. The summed E-state index contributed by atoms with van der Waals surface area (Å²) in [6.07, 6.45) is 4.04. The van der Waals surface area contributed by atoms with E-state index in [0.29, 0.717) is 17.9 Å². The first-order valence-electron chi connectivity index (χ1n) is 13.2. The normalized spacial score (nSPS) is 25.3. The number of phenols is 1. The minimum Gasteiger partial charge on any atom is -0.508 e. The minimum atomic E-state index is 0.0846. The molecule has 2 aromatic carbocycles. The first-order valence-corrected chi connectivity index (χ1v) is 13.2. The molecule has 0 aliphatic carbocycles. The number of amides is 1. The van der Waals surface area contributed by atoms with Crippen LogP contribution in [-0.2, 0) is 11.3 Å². The number of hydrogen-bond donors (Lipinski definition) is 1. The monoisotopic (exact) mass is 502 g/mol. The highest BCUT2D eigenvalue weighted by atomic mass is 16.5. The third-order valence-electron chi connectivity index (χ3n) is 8.29. The fourth-order valence-corrected chi connectivity index (χ4v) is 6.30. The van der Waals surface area contributed by atoms with Crippen molar-refractivity contribution < 1.29 is 14.6 Å². The maximum atomic E-state index is 13.6. The zero-order chi connectivity index (χ0) is 25.4. The Kier molecular flexibility index (Phi) is 6.46. The summed E-state index contributed by atoms with van der Waals surface area (Å²) in [6, 6.07) is 15.5. The number of carbonyl (C=O) groups excluding carboxylic acids is 1. The van der Waals surface area contributed by atoms with Crippen LogP contribution >= 0.6 is 0 Å². The molecule has 194 valence electrons. The summed E-state index contributed by atoms with van der Waals surface area (Å²) in [4.78, 5) is 20.4. The number of hydrogen-bond acceptors (Lipinski definition) is 7. The predicted octanol–water partition coefficient (Wildman–Crippen LogP) is 2.72. The lowest BCUT2D eigenvalue weighted by atomic mass is 9.75. The van der Waals surface area contributed by atoms with E-state index in [9.17, 15) is 9.90 Å². The largest absolute Gasteiger partial charge is 0.508 e. The number of ether oxygens (including phenoxy) is 1. The van der Waals surface area contributed by atoms with E-state index in [1.165, 1.54) is 0 Å². The SMILES string of the molecule is COc1ccccc1N1CCN(C(=O)[C@H]2CN3CC[C@H]2C[C@@H]3Cn2cc(-c3cccc(O)c3)nn2)CC1. The van der Waals surface area contributed by atoms with E-state index in [1.807, 2.05) is 41.2 Å². The van der Waals surface area contributed by atoms with Crippen LogP contribution in [0.2, 0.25) is 0 Å². The van der Waals surface area contributed by atoms with Crippen molar-refractivity contribution in [3.8, 4) is 22.8 Å². The zero-order valence-corrected chi connectivity index (χ0v) is 21.2. The third-order valence-corrected chi connectivity index (χ3v) is 8.29. The van der Waals surface area contributed by atoms with Gasteiger partial charge in [0.15, 0.2) is 0 Å². The van der Waals surface area contributed by atoms with Crippen LogP contribution in [0, 0.1) is 11.8 Å². The van der Waals surface area contributed by atoms with Gasteiger partial charge >= 0.3 is 0 Å². The van der Waals surface area contributed by atoms with Crippen molar-refractivity contribution in [1.82, 2.24) is 24.8 Å². The van der Waals surface area contributed by atoms with Gasteiger partial charge in [-0.25, -0.2) is 0 Å². The van der Waals surface area contributed by atoms with Crippen LogP contribution in [0.4, 0.5) is 5.69 Å². The number of nitrogens with zero attached hydrogens (tertiary/aromatic N) is 6. The first-order chi connectivity index (χ1) is 18.1. The van der Waals surface area contributed by atoms with Gasteiger partial charge in [-0.1, -0.05) is 29.5 Å². The van der Waals surface area contributed by atoms with Crippen LogP contribution in [-0.4, -0.2) is 88.2 Å². The molecule has 4 fully saturated rings. The molecule has 2 bridgehead atoms. The lowest BCUT2D eigenvalue weighted by Gasteiger charge is -2.50. The molecular formula is C28H34N6O3. The second-order valence-corrected chi connectivity index (χ2v) is 10.4. The van der Waals surface area contributed by atoms with Gasteiger partial charge in [-0.2, -0.15) is 0 Å². The van der Waals surface area contributed by atoms with Crippen LogP contribution < -0.4 is 9.64 Å². The molecule has 0 spiro atoms. The molecular weight excluding hydrogens is 468 g/mol. The molecule has 4 aliphatic heterocycles. The smallest absolute Gasteiger partial charge is 0.227 e. The predicted molar refractivity (Wildman–Crippen MR) is 140 cm³/mol. The van der Waals surface area contributed by atoms with Crippen molar-refractivity contribution in [2.45, 2.75) is 25.4 Å². The molecule has 4 saturated heterocycles. The number of piperidine rings is 3. The Morgan fingerprint density at radius 2 is 1.92 bits per heavy atom. The molecule has 5 heterocycles. The van der Waals surface area contributed by atoms with Crippen molar-refractivity contribution in [2.75, 3.05) is 51.3 Å². The molecule has 7 rings (SSSR count). The molecule has 4 aliphatic rings. The van der Waals surface area contributed by atoms with Crippen molar-refractivity contribution in [2.24, 2.45) is 11.8 Å². The fraction of sp³-hybridized carbons (Fsp3) is 0.464. The van der Waals surface area contributed by atoms with E-state index in [2.05, 4.69) is 31.1 Å². The Balaban J connectivity index is 1.05. The molecule has 1 amide bonds. The summed E-state index contributed by atoms with van der Waals surface area (Å²) < 4.78 is 7.44. The molecule has 9 nitrogen and oxygen atoms in total. The van der Waals surface area contributed by atoms with Gasteiger partial charge in [0.05, 0.1) is 31.5 Å². The van der Waals surface area contributed by atoms with Crippen LogP contribution in [0.25, 0.3) is 11.3 Å². The number of carbonyl (C=O) groups is 1. The van der Waals surface area contributed by atoms with Gasteiger partial charge in [-0.05, 0) is 49.6 Å². The fourth-order valence-electron chi connectivity index (χ4n) is 6.30. The lowest BCUT2D eigenvalue weighted by molar-refractivity contribution is -0.144. The second-order valence-electron chi connectivity index (χ2n) is 10.4. The van der Waals surface area contributed by atoms with Crippen molar-refractivity contribution in [3.63, 3.8) is 0 Å². The van der Waals surface area contributed by atoms with Gasteiger partial charge < -0.3 is 19.6 Å². The van der Waals surface area contributed by atoms with Crippen molar-refractivity contribution >= 4 is 11.6 Å². The summed E-state index contributed by atoms with van der Waals surface area (Å²) in [5.41, 5.74) is 2.71. The van der Waals surface area contributed by atoms with Crippen LogP contribution in [0.3, 0.4) is 0 Å². The van der Waals surface area contributed by atoms with E-state index in [1.54, 1.807) is 19.2 Å². The highest BCUT2D eigenvalue weighted by Crippen LogP contribution is 2.38. The quantitative estimate of drug-likeness (QED) is 0.555. The highest BCUT2D eigenvalue weighted by Gasteiger charge is 2.44. The number of rotatable bonds is 6. The average molecular weight is 503 g/mol. The number of fused-ring (bicyclic) bond motifs is 3. The molecule has 0 radical (unpaired) electrons. The number of anilines is 1. The Labute approximate surface area is 217 Å². The average Bonchev–Trinajstić information content (AvgIpc) is 3.41. The minimum absolute atomic E-state index is 0.0846. The second kappa shape index (κ2) is 10.0. The molecule has 4 atom stereocenters. The van der Waals surface area contributed by atoms with Gasteiger partial charge in [0.2, 0.25) is 5.91 Å².